The molecule has 2 heterocycles. The van der Waals surface area contributed by atoms with Crippen LogP contribution in [0.5, 0.6) is 0 Å². The van der Waals surface area contributed by atoms with Gasteiger partial charge in [0.1, 0.15) is 0 Å². The maximum Gasteiger partial charge on any atom is 0.233 e. The van der Waals surface area contributed by atoms with Gasteiger partial charge in [0.25, 0.3) is 0 Å². The van der Waals surface area contributed by atoms with E-state index in [1.54, 1.807) is 0 Å². The van der Waals surface area contributed by atoms with E-state index in [4.69, 9.17) is 21.3 Å². The van der Waals surface area contributed by atoms with Crippen molar-refractivity contribution < 1.29 is 9.53 Å². The lowest BCUT2D eigenvalue weighted by molar-refractivity contribution is -0.118. The van der Waals surface area contributed by atoms with Gasteiger partial charge in [0.2, 0.25) is 5.91 Å². The summed E-state index contributed by atoms with van der Waals surface area (Å²) in [5.74, 6) is 0.0722. The molecule has 0 radical (unpaired) electrons. The fourth-order valence-corrected chi connectivity index (χ4v) is 5.42. The molecule has 32 heavy (non-hydrogen) atoms. The number of halogens is 2. The van der Waals surface area contributed by atoms with Crippen LogP contribution < -0.4 is 4.90 Å². The van der Waals surface area contributed by atoms with Crippen LogP contribution in [0.15, 0.2) is 30.3 Å². The van der Waals surface area contributed by atoms with Crippen molar-refractivity contribution in [1.29, 1.82) is 0 Å². The van der Waals surface area contributed by atoms with Crippen LogP contribution in [0.1, 0.15) is 22.3 Å². The molecule has 4 rings (SSSR count). The van der Waals surface area contributed by atoms with Crippen LogP contribution in [0.4, 0.5) is 5.13 Å². The van der Waals surface area contributed by atoms with E-state index in [9.17, 15) is 4.79 Å². The molecule has 1 amide bonds. The number of hydrogen-bond donors (Lipinski definition) is 0. The molecule has 1 aliphatic rings. The van der Waals surface area contributed by atoms with E-state index in [0.717, 1.165) is 64.9 Å². The molecule has 0 N–H and O–H groups in total. The van der Waals surface area contributed by atoms with Gasteiger partial charge in [0, 0.05) is 31.2 Å². The van der Waals surface area contributed by atoms with Gasteiger partial charge in [0.15, 0.2) is 5.13 Å². The first-order valence-electron chi connectivity index (χ1n) is 10.6. The van der Waals surface area contributed by atoms with Crippen LogP contribution in [0.2, 0.25) is 5.02 Å². The number of morpholine rings is 1. The molecule has 8 heteroatoms. The summed E-state index contributed by atoms with van der Waals surface area (Å²) in [4.78, 5) is 22.5. The number of fused-ring (bicyclic) bond motifs is 1. The van der Waals surface area contributed by atoms with Gasteiger partial charge >= 0.3 is 0 Å². The molecule has 1 aromatic heterocycles. The quantitative estimate of drug-likeness (QED) is 0.472. The van der Waals surface area contributed by atoms with Crippen molar-refractivity contribution in [1.82, 2.24) is 9.88 Å². The first-order valence-corrected chi connectivity index (χ1v) is 11.8. The second-order valence-electron chi connectivity index (χ2n) is 8.17. The molecule has 1 aliphatic heterocycles. The number of hydrogen-bond acceptors (Lipinski definition) is 5. The highest BCUT2D eigenvalue weighted by Crippen LogP contribution is 2.33. The SMILES string of the molecule is Cc1ccc(CC(=O)N(CCN2CCOCC2)c2nc3c(C)cc(Cl)cc3s2)c(C)c1.Cl. The molecule has 2 aromatic carbocycles. The molecule has 0 spiro atoms. The van der Waals surface area contributed by atoms with Crippen molar-refractivity contribution in [2.24, 2.45) is 0 Å². The summed E-state index contributed by atoms with van der Waals surface area (Å²) in [6.45, 7) is 10.8. The van der Waals surface area contributed by atoms with Crippen molar-refractivity contribution in [3.8, 4) is 0 Å². The second-order valence-corrected chi connectivity index (χ2v) is 9.62. The minimum Gasteiger partial charge on any atom is -0.379 e. The Labute approximate surface area is 204 Å². The number of aromatic nitrogens is 1. The van der Waals surface area contributed by atoms with Gasteiger partial charge in [-0.2, -0.15) is 0 Å². The second kappa shape index (κ2) is 10.9. The third-order valence-electron chi connectivity index (χ3n) is 5.75. The molecule has 1 saturated heterocycles. The highest BCUT2D eigenvalue weighted by molar-refractivity contribution is 7.22. The lowest BCUT2D eigenvalue weighted by Gasteiger charge is -2.29. The Hall–Kier alpha value is -1.70. The molecule has 172 valence electrons. The van der Waals surface area contributed by atoms with E-state index in [1.807, 2.05) is 24.0 Å². The predicted molar refractivity (Wildman–Crippen MR) is 136 cm³/mol. The molecule has 5 nitrogen and oxygen atoms in total. The monoisotopic (exact) mass is 493 g/mol. The molecular formula is C24H29Cl2N3O2S. The largest absolute Gasteiger partial charge is 0.379 e. The van der Waals surface area contributed by atoms with Crippen molar-refractivity contribution in [2.45, 2.75) is 27.2 Å². The third-order valence-corrected chi connectivity index (χ3v) is 7.00. The maximum atomic E-state index is 13.5. The van der Waals surface area contributed by atoms with Crippen LogP contribution in [-0.2, 0) is 16.0 Å². The highest BCUT2D eigenvalue weighted by Gasteiger charge is 2.23. The minimum absolute atomic E-state index is 0. The number of benzene rings is 2. The highest BCUT2D eigenvalue weighted by atomic mass is 35.5. The smallest absolute Gasteiger partial charge is 0.233 e. The number of rotatable bonds is 6. The molecule has 0 unspecified atom stereocenters. The zero-order valence-corrected chi connectivity index (χ0v) is 21.1. The number of nitrogens with zero attached hydrogens (tertiary/aromatic N) is 3. The summed E-state index contributed by atoms with van der Waals surface area (Å²) in [7, 11) is 0. The predicted octanol–water partition coefficient (Wildman–Crippen LogP) is 5.20. The van der Waals surface area contributed by atoms with Gasteiger partial charge in [0.05, 0.1) is 29.9 Å². The average Bonchev–Trinajstić information content (AvgIpc) is 3.15. The number of ether oxygens (including phenoxy) is 1. The van der Waals surface area contributed by atoms with Gasteiger partial charge in [-0.3, -0.25) is 14.6 Å². The lowest BCUT2D eigenvalue weighted by Crippen LogP contribution is -2.43. The van der Waals surface area contributed by atoms with Gasteiger partial charge in [-0.05, 0) is 49.6 Å². The van der Waals surface area contributed by atoms with Crippen LogP contribution in [0.25, 0.3) is 10.2 Å². The molecule has 0 atom stereocenters. The molecule has 0 bridgehead atoms. The van der Waals surface area contributed by atoms with Crippen molar-refractivity contribution in [3.63, 3.8) is 0 Å². The van der Waals surface area contributed by atoms with Crippen molar-refractivity contribution >= 4 is 56.6 Å². The topological polar surface area (TPSA) is 45.7 Å². The fourth-order valence-electron chi connectivity index (χ4n) is 3.95. The van der Waals surface area contributed by atoms with Gasteiger partial charge in [-0.25, -0.2) is 4.98 Å². The van der Waals surface area contributed by atoms with E-state index in [-0.39, 0.29) is 18.3 Å². The summed E-state index contributed by atoms with van der Waals surface area (Å²) in [6, 6.07) is 10.1. The number of thiazole rings is 1. The van der Waals surface area contributed by atoms with Crippen LogP contribution in [0, 0.1) is 20.8 Å². The number of anilines is 1. The molecular weight excluding hydrogens is 465 g/mol. The Balaban J connectivity index is 0.00000289. The Kier molecular flexibility index (Phi) is 8.53. The molecule has 3 aromatic rings. The van der Waals surface area contributed by atoms with Gasteiger partial charge in [-0.1, -0.05) is 46.7 Å². The number of carbonyl (C=O) groups is 1. The number of carbonyl (C=O) groups excluding carboxylic acids is 1. The van der Waals surface area contributed by atoms with Gasteiger partial charge < -0.3 is 4.74 Å². The zero-order chi connectivity index (χ0) is 22.0. The fraction of sp³-hybridized carbons (Fsp3) is 0.417. The normalized spacial score (nSPS) is 14.4. The Morgan fingerprint density at radius 2 is 1.91 bits per heavy atom. The molecule has 0 saturated carbocycles. The Bertz CT molecular complexity index is 1100. The Morgan fingerprint density at radius 3 is 2.62 bits per heavy atom. The minimum atomic E-state index is 0. The number of amides is 1. The van der Waals surface area contributed by atoms with Crippen molar-refractivity contribution in [3.05, 3.63) is 57.6 Å². The van der Waals surface area contributed by atoms with E-state index in [0.29, 0.717) is 18.0 Å². The summed E-state index contributed by atoms with van der Waals surface area (Å²) >= 11 is 7.79. The number of aryl methyl sites for hydroxylation is 3. The standard InChI is InChI=1S/C24H28ClN3O2S.ClH/c1-16-4-5-19(17(2)12-16)14-22(29)28(7-6-27-8-10-30-11-9-27)24-26-23-18(3)13-20(25)15-21(23)31-24;/h4-5,12-13,15H,6-11,14H2,1-3H3;1H. The first-order chi connectivity index (χ1) is 14.9. The maximum absolute atomic E-state index is 13.5. The average molecular weight is 494 g/mol. The lowest BCUT2D eigenvalue weighted by atomic mass is 10.0. The summed E-state index contributed by atoms with van der Waals surface area (Å²) < 4.78 is 6.47. The van der Waals surface area contributed by atoms with Crippen molar-refractivity contribution in [2.75, 3.05) is 44.3 Å². The summed E-state index contributed by atoms with van der Waals surface area (Å²) in [5, 5.41) is 1.44. The van der Waals surface area contributed by atoms with Gasteiger partial charge in [-0.15, -0.1) is 12.4 Å². The third kappa shape index (κ3) is 5.80. The van der Waals surface area contributed by atoms with Crippen LogP contribution in [0.3, 0.4) is 0 Å². The van der Waals surface area contributed by atoms with E-state index in [1.165, 1.54) is 16.9 Å². The Morgan fingerprint density at radius 1 is 1.16 bits per heavy atom. The summed E-state index contributed by atoms with van der Waals surface area (Å²) in [5.41, 5.74) is 5.36. The van der Waals surface area contributed by atoms with E-state index in [2.05, 4.69) is 36.9 Å². The zero-order valence-electron chi connectivity index (χ0n) is 18.7. The first kappa shape index (κ1) is 24.9. The molecule has 0 aliphatic carbocycles. The van der Waals surface area contributed by atoms with E-state index < -0.39 is 0 Å². The molecule has 1 fully saturated rings. The van der Waals surface area contributed by atoms with Crippen LogP contribution in [-0.4, -0.2) is 55.2 Å². The van der Waals surface area contributed by atoms with Crippen LogP contribution >= 0.6 is 35.3 Å². The summed E-state index contributed by atoms with van der Waals surface area (Å²) in [6.07, 6.45) is 0.366. The van der Waals surface area contributed by atoms with E-state index >= 15 is 0 Å².